The molecule has 0 N–H and O–H groups in total. The number of piperazine rings is 1. The minimum atomic E-state index is -0.313. The molecule has 158 valence electrons. The van der Waals surface area contributed by atoms with E-state index < -0.39 is 0 Å². The fraction of sp³-hybridized carbons (Fsp3) is 0.375. The van der Waals surface area contributed by atoms with Crippen LogP contribution >= 0.6 is 23.4 Å². The zero-order valence-electron chi connectivity index (χ0n) is 17.7. The van der Waals surface area contributed by atoms with Gasteiger partial charge in [-0.05, 0) is 62.9 Å². The summed E-state index contributed by atoms with van der Waals surface area (Å²) in [5, 5.41) is 0.697. The zero-order chi connectivity index (χ0) is 21.3. The van der Waals surface area contributed by atoms with Crippen molar-refractivity contribution < 1.29 is 4.79 Å². The number of benzene rings is 2. The van der Waals surface area contributed by atoms with Crippen LogP contribution in [-0.4, -0.2) is 55.3 Å². The highest BCUT2D eigenvalue weighted by Gasteiger charge is 2.43. The minimum absolute atomic E-state index is 0.242. The van der Waals surface area contributed by atoms with E-state index in [1.807, 2.05) is 24.3 Å². The lowest BCUT2D eigenvalue weighted by Crippen LogP contribution is -2.44. The highest BCUT2D eigenvalue weighted by atomic mass is 35.5. The summed E-state index contributed by atoms with van der Waals surface area (Å²) in [5.41, 5.74) is 3.42. The quantitative estimate of drug-likeness (QED) is 0.623. The van der Waals surface area contributed by atoms with Crippen molar-refractivity contribution in [2.24, 2.45) is 0 Å². The van der Waals surface area contributed by atoms with E-state index in [9.17, 15) is 4.79 Å². The van der Waals surface area contributed by atoms with E-state index in [1.54, 1.807) is 11.8 Å². The molecular weight excluding hydrogens is 414 g/mol. The number of thioether (sulfide) groups is 1. The Morgan fingerprint density at radius 1 is 1.03 bits per heavy atom. The lowest BCUT2D eigenvalue weighted by molar-refractivity contribution is -0.108. The smallest absolute Gasteiger partial charge is 0.147 e. The zero-order valence-corrected chi connectivity index (χ0v) is 19.3. The average Bonchev–Trinajstić information content (AvgIpc) is 2.99. The lowest BCUT2D eigenvalue weighted by Gasteiger charge is -2.35. The number of aldehydes is 1. The van der Waals surface area contributed by atoms with Gasteiger partial charge in [0.25, 0.3) is 0 Å². The molecule has 2 aromatic rings. The standard InChI is InChI=1S/C24H28ClN3OS/c1-24(2)28(20-10-8-19(25)9-11-20)22(17-29)23(30-24)16-18-6-4-5-7-21(18)27-14-12-26(3)13-15-27/h4-11,16-17,22H,12-15H2,1-3H3. The summed E-state index contributed by atoms with van der Waals surface area (Å²) in [7, 11) is 2.17. The number of likely N-dealkylation sites (N-methyl/N-ethyl adjacent to an activating group) is 1. The molecule has 2 fully saturated rings. The van der Waals surface area contributed by atoms with Crippen molar-refractivity contribution in [1.29, 1.82) is 0 Å². The van der Waals surface area contributed by atoms with E-state index in [0.717, 1.165) is 43.1 Å². The molecule has 0 amide bonds. The van der Waals surface area contributed by atoms with Gasteiger partial charge in [-0.15, -0.1) is 11.8 Å². The Hall–Kier alpha value is -1.95. The molecule has 0 radical (unpaired) electrons. The summed E-state index contributed by atoms with van der Waals surface area (Å²) in [6.45, 7) is 8.49. The molecule has 0 bridgehead atoms. The van der Waals surface area contributed by atoms with Gasteiger partial charge in [0.05, 0.1) is 4.87 Å². The topological polar surface area (TPSA) is 26.8 Å². The third-order valence-electron chi connectivity index (χ3n) is 5.83. The molecule has 0 saturated carbocycles. The number of nitrogens with zero attached hydrogens (tertiary/aromatic N) is 3. The number of hydrogen-bond acceptors (Lipinski definition) is 5. The average molecular weight is 442 g/mol. The molecule has 30 heavy (non-hydrogen) atoms. The van der Waals surface area contributed by atoms with Gasteiger partial charge >= 0.3 is 0 Å². The maximum absolute atomic E-state index is 12.2. The molecule has 0 aliphatic carbocycles. The number of rotatable bonds is 4. The molecule has 2 aliphatic heterocycles. The number of hydrogen-bond donors (Lipinski definition) is 0. The van der Waals surface area contributed by atoms with Gasteiger partial charge in [0.2, 0.25) is 0 Å². The molecule has 0 spiro atoms. The number of anilines is 2. The highest BCUT2D eigenvalue weighted by Crippen LogP contribution is 2.49. The molecule has 1 unspecified atom stereocenters. The Balaban J connectivity index is 1.69. The van der Waals surface area contributed by atoms with E-state index in [2.05, 4.69) is 65.9 Å². The van der Waals surface area contributed by atoms with Crippen LogP contribution in [0, 0.1) is 0 Å². The summed E-state index contributed by atoms with van der Waals surface area (Å²) in [4.78, 5) is 20.1. The Bertz CT molecular complexity index is 936. The number of carbonyl (C=O) groups excluding carboxylic acids is 1. The molecule has 2 aromatic carbocycles. The summed E-state index contributed by atoms with van der Waals surface area (Å²) >= 11 is 7.84. The minimum Gasteiger partial charge on any atom is -0.368 e. The SMILES string of the molecule is CN1CCN(c2ccccc2C=C2SC(C)(C)N(c3ccc(Cl)cc3)C2C=O)CC1. The maximum atomic E-state index is 12.2. The van der Waals surface area contributed by atoms with Crippen LogP contribution in [0.5, 0.6) is 0 Å². The van der Waals surface area contributed by atoms with E-state index in [0.29, 0.717) is 5.02 Å². The molecule has 4 rings (SSSR count). The second kappa shape index (κ2) is 8.66. The second-order valence-corrected chi connectivity index (χ2v) is 10.5. The van der Waals surface area contributed by atoms with E-state index in [4.69, 9.17) is 11.6 Å². The predicted octanol–water partition coefficient (Wildman–Crippen LogP) is 4.99. The van der Waals surface area contributed by atoms with Crippen LogP contribution in [0.2, 0.25) is 5.02 Å². The third kappa shape index (κ3) is 4.25. The van der Waals surface area contributed by atoms with Crippen molar-refractivity contribution in [3.8, 4) is 0 Å². The van der Waals surface area contributed by atoms with Gasteiger partial charge in [-0.2, -0.15) is 0 Å². The summed E-state index contributed by atoms with van der Waals surface area (Å²) in [6.07, 6.45) is 3.26. The van der Waals surface area contributed by atoms with Crippen LogP contribution in [0.3, 0.4) is 0 Å². The maximum Gasteiger partial charge on any atom is 0.147 e. The summed E-state index contributed by atoms with van der Waals surface area (Å²) in [6, 6.07) is 15.9. The first-order valence-electron chi connectivity index (χ1n) is 10.3. The van der Waals surface area contributed by atoms with Crippen molar-refractivity contribution in [2.75, 3.05) is 43.0 Å². The van der Waals surface area contributed by atoms with Gasteiger partial charge in [-0.1, -0.05) is 29.8 Å². The first-order chi connectivity index (χ1) is 14.4. The second-order valence-electron chi connectivity index (χ2n) is 8.37. The van der Waals surface area contributed by atoms with Crippen LogP contribution in [0.4, 0.5) is 11.4 Å². The Labute approximate surface area is 188 Å². The normalized spacial score (nSPS) is 23.2. The molecule has 2 heterocycles. The van der Waals surface area contributed by atoms with Crippen LogP contribution in [0.1, 0.15) is 19.4 Å². The van der Waals surface area contributed by atoms with Crippen molar-refractivity contribution >= 4 is 47.1 Å². The molecule has 2 aliphatic rings. The molecular formula is C24H28ClN3OS. The van der Waals surface area contributed by atoms with E-state index in [-0.39, 0.29) is 10.9 Å². The van der Waals surface area contributed by atoms with Crippen LogP contribution in [0.15, 0.2) is 53.4 Å². The third-order valence-corrected chi connectivity index (χ3v) is 7.37. The molecule has 0 aromatic heterocycles. The predicted molar refractivity (Wildman–Crippen MR) is 130 cm³/mol. The van der Waals surface area contributed by atoms with Crippen LogP contribution in [0.25, 0.3) is 6.08 Å². The van der Waals surface area contributed by atoms with E-state index >= 15 is 0 Å². The Morgan fingerprint density at radius 2 is 1.70 bits per heavy atom. The van der Waals surface area contributed by atoms with Crippen molar-refractivity contribution in [3.63, 3.8) is 0 Å². The first-order valence-corrected chi connectivity index (χ1v) is 11.5. The molecule has 1 atom stereocenters. The molecule has 4 nitrogen and oxygen atoms in total. The fourth-order valence-electron chi connectivity index (χ4n) is 4.27. The summed E-state index contributed by atoms with van der Waals surface area (Å²) in [5.74, 6) is 0. The van der Waals surface area contributed by atoms with Crippen molar-refractivity contribution in [3.05, 3.63) is 64.0 Å². The van der Waals surface area contributed by atoms with Gasteiger partial charge in [0.1, 0.15) is 12.3 Å². The van der Waals surface area contributed by atoms with Crippen molar-refractivity contribution in [2.45, 2.75) is 24.8 Å². The van der Waals surface area contributed by atoms with Crippen molar-refractivity contribution in [1.82, 2.24) is 4.90 Å². The fourth-order valence-corrected chi connectivity index (χ4v) is 5.76. The van der Waals surface area contributed by atoms with Crippen LogP contribution in [-0.2, 0) is 4.79 Å². The lowest BCUT2D eigenvalue weighted by atomic mass is 10.1. The first kappa shape index (κ1) is 21.3. The number of halogens is 1. The Morgan fingerprint density at radius 3 is 2.37 bits per heavy atom. The largest absolute Gasteiger partial charge is 0.368 e. The number of carbonyl (C=O) groups is 1. The molecule has 2 saturated heterocycles. The summed E-state index contributed by atoms with van der Waals surface area (Å²) < 4.78 is 0. The van der Waals surface area contributed by atoms with Gasteiger partial charge in [-0.25, -0.2) is 0 Å². The molecule has 6 heteroatoms. The van der Waals surface area contributed by atoms with Gasteiger partial charge in [0.15, 0.2) is 0 Å². The Kier molecular flexibility index (Phi) is 6.14. The van der Waals surface area contributed by atoms with Gasteiger partial charge < -0.3 is 19.5 Å². The van der Waals surface area contributed by atoms with E-state index in [1.165, 1.54) is 11.3 Å². The van der Waals surface area contributed by atoms with Gasteiger partial charge in [0, 0.05) is 47.5 Å². The monoisotopic (exact) mass is 441 g/mol. The van der Waals surface area contributed by atoms with Crippen LogP contribution < -0.4 is 9.80 Å². The van der Waals surface area contributed by atoms with Gasteiger partial charge in [-0.3, -0.25) is 0 Å². The highest BCUT2D eigenvalue weighted by molar-refractivity contribution is 8.05. The number of para-hydroxylation sites is 1.